The average molecular weight is 278 g/mol. The van der Waals surface area contributed by atoms with Crippen molar-refractivity contribution in [2.45, 2.75) is 24.9 Å². The summed E-state index contributed by atoms with van der Waals surface area (Å²) in [7, 11) is 4.15. The van der Waals surface area contributed by atoms with Crippen molar-refractivity contribution in [3.63, 3.8) is 0 Å². The van der Waals surface area contributed by atoms with Gasteiger partial charge in [-0.15, -0.1) is 0 Å². The maximum absolute atomic E-state index is 5.45. The van der Waals surface area contributed by atoms with Crippen LogP contribution < -0.4 is 9.80 Å². The van der Waals surface area contributed by atoms with Crippen molar-refractivity contribution in [2.75, 3.05) is 50.3 Å². The molecule has 0 aromatic carbocycles. The minimum Gasteiger partial charge on any atom is -0.379 e. The van der Waals surface area contributed by atoms with Crippen LogP contribution in [-0.4, -0.2) is 62.6 Å². The van der Waals surface area contributed by atoms with Gasteiger partial charge >= 0.3 is 0 Å². The van der Waals surface area contributed by atoms with Gasteiger partial charge in [0.1, 0.15) is 18.0 Å². The Kier molecular flexibility index (Phi) is 4.03. The van der Waals surface area contributed by atoms with Crippen molar-refractivity contribution in [3.8, 4) is 0 Å². The highest BCUT2D eigenvalue weighted by Crippen LogP contribution is 2.23. The Morgan fingerprint density at radius 2 is 1.45 bits per heavy atom. The molecule has 0 N–H and O–H groups in total. The second kappa shape index (κ2) is 5.93. The van der Waals surface area contributed by atoms with Crippen LogP contribution in [0.25, 0.3) is 0 Å². The molecule has 0 aliphatic carbocycles. The zero-order chi connectivity index (χ0) is 13.9. The third-order valence-electron chi connectivity index (χ3n) is 4.27. The Balaban J connectivity index is 1.74. The number of anilines is 2. The standard InChI is InChI=1S/C14H22N4O2/c1-17(11-3-5-19-8-11)13-7-14(16-10-15-13)18(2)12-4-6-20-9-12/h7,10-12H,3-6,8-9H2,1-2H3/t11-,12+. The molecule has 2 aliphatic rings. The second-order valence-corrected chi connectivity index (χ2v) is 5.49. The molecule has 110 valence electrons. The van der Waals surface area contributed by atoms with Crippen molar-refractivity contribution in [1.29, 1.82) is 0 Å². The van der Waals surface area contributed by atoms with E-state index in [1.807, 2.05) is 0 Å². The molecule has 2 fully saturated rings. The van der Waals surface area contributed by atoms with Gasteiger partial charge in [-0.05, 0) is 12.8 Å². The van der Waals surface area contributed by atoms with Gasteiger partial charge in [0.2, 0.25) is 0 Å². The number of rotatable bonds is 4. The highest BCUT2D eigenvalue weighted by molar-refractivity contribution is 5.50. The maximum Gasteiger partial charge on any atom is 0.134 e. The zero-order valence-electron chi connectivity index (χ0n) is 12.2. The van der Waals surface area contributed by atoms with Gasteiger partial charge in [0.25, 0.3) is 0 Å². The molecule has 3 heterocycles. The lowest BCUT2D eigenvalue weighted by Crippen LogP contribution is -2.34. The summed E-state index contributed by atoms with van der Waals surface area (Å²) in [6.07, 6.45) is 3.76. The molecule has 6 nitrogen and oxygen atoms in total. The lowest BCUT2D eigenvalue weighted by molar-refractivity contribution is 0.193. The summed E-state index contributed by atoms with van der Waals surface area (Å²) in [5, 5.41) is 0. The van der Waals surface area contributed by atoms with Gasteiger partial charge in [-0.1, -0.05) is 0 Å². The van der Waals surface area contributed by atoms with Crippen LogP contribution in [0, 0.1) is 0 Å². The molecule has 2 atom stereocenters. The minimum absolute atomic E-state index is 0.415. The molecule has 1 aromatic heterocycles. The summed E-state index contributed by atoms with van der Waals surface area (Å²) in [6.45, 7) is 3.24. The first-order valence-corrected chi connectivity index (χ1v) is 7.19. The number of ether oxygens (including phenoxy) is 2. The number of hydrogen-bond acceptors (Lipinski definition) is 6. The molecule has 2 saturated heterocycles. The van der Waals surface area contributed by atoms with Crippen molar-refractivity contribution in [3.05, 3.63) is 12.4 Å². The van der Waals surface area contributed by atoms with Gasteiger partial charge in [0.15, 0.2) is 0 Å². The third-order valence-corrected chi connectivity index (χ3v) is 4.27. The van der Waals surface area contributed by atoms with Crippen LogP contribution in [0.15, 0.2) is 12.4 Å². The molecule has 0 bridgehead atoms. The largest absolute Gasteiger partial charge is 0.379 e. The van der Waals surface area contributed by atoms with Crippen molar-refractivity contribution >= 4 is 11.6 Å². The summed E-state index contributed by atoms with van der Waals surface area (Å²) in [4.78, 5) is 13.2. The molecule has 0 amide bonds. The van der Waals surface area contributed by atoms with Crippen LogP contribution in [-0.2, 0) is 9.47 Å². The van der Waals surface area contributed by atoms with Crippen LogP contribution in [0.5, 0.6) is 0 Å². The first-order chi connectivity index (χ1) is 9.75. The molecule has 0 radical (unpaired) electrons. The Morgan fingerprint density at radius 1 is 0.950 bits per heavy atom. The molecule has 20 heavy (non-hydrogen) atoms. The SMILES string of the molecule is CN(c1cc(N(C)[C@H]2CCOC2)ncn1)[C@@H]1CCOC1. The molecular weight excluding hydrogens is 256 g/mol. The smallest absolute Gasteiger partial charge is 0.134 e. The highest BCUT2D eigenvalue weighted by Gasteiger charge is 2.24. The monoisotopic (exact) mass is 278 g/mol. The van der Waals surface area contributed by atoms with Gasteiger partial charge in [-0.3, -0.25) is 0 Å². The van der Waals surface area contributed by atoms with Crippen molar-refractivity contribution in [2.24, 2.45) is 0 Å². The van der Waals surface area contributed by atoms with E-state index < -0.39 is 0 Å². The van der Waals surface area contributed by atoms with E-state index in [-0.39, 0.29) is 0 Å². The van der Waals surface area contributed by atoms with E-state index in [4.69, 9.17) is 9.47 Å². The summed E-state index contributed by atoms with van der Waals surface area (Å²) in [6, 6.07) is 2.88. The van der Waals surface area contributed by atoms with E-state index >= 15 is 0 Å². The fourth-order valence-corrected chi connectivity index (χ4v) is 2.75. The summed E-state index contributed by atoms with van der Waals surface area (Å²) >= 11 is 0. The topological polar surface area (TPSA) is 50.7 Å². The van der Waals surface area contributed by atoms with E-state index in [1.165, 1.54) is 0 Å². The molecule has 0 spiro atoms. The normalized spacial score (nSPS) is 25.9. The fourth-order valence-electron chi connectivity index (χ4n) is 2.75. The highest BCUT2D eigenvalue weighted by atomic mass is 16.5. The molecule has 6 heteroatoms. The number of likely N-dealkylation sites (N-methyl/N-ethyl adjacent to an activating group) is 2. The lowest BCUT2D eigenvalue weighted by atomic mass is 10.2. The molecule has 3 rings (SSSR count). The van der Waals surface area contributed by atoms with E-state index in [9.17, 15) is 0 Å². The fraction of sp³-hybridized carbons (Fsp3) is 0.714. The third kappa shape index (κ3) is 2.71. The minimum atomic E-state index is 0.415. The van der Waals surface area contributed by atoms with E-state index in [1.54, 1.807) is 6.33 Å². The van der Waals surface area contributed by atoms with Crippen LogP contribution >= 0.6 is 0 Å². The lowest BCUT2D eigenvalue weighted by Gasteiger charge is -2.27. The summed E-state index contributed by atoms with van der Waals surface area (Å²) < 4.78 is 10.9. The molecule has 1 aromatic rings. The van der Waals surface area contributed by atoms with Crippen molar-refractivity contribution < 1.29 is 9.47 Å². The van der Waals surface area contributed by atoms with E-state index in [0.29, 0.717) is 12.1 Å². The van der Waals surface area contributed by atoms with Gasteiger partial charge < -0.3 is 19.3 Å². The first-order valence-electron chi connectivity index (χ1n) is 7.19. The Labute approximate surface area is 119 Å². The Hall–Kier alpha value is -1.40. The molecular formula is C14H22N4O2. The predicted molar refractivity (Wildman–Crippen MR) is 77.3 cm³/mol. The zero-order valence-corrected chi connectivity index (χ0v) is 12.2. The van der Waals surface area contributed by atoms with Crippen LogP contribution in [0.3, 0.4) is 0 Å². The van der Waals surface area contributed by atoms with E-state index in [0.717, 1.165) is 50.9 Å². The van der Waals surface area contributed by atoms with Gasteiger partial charge in [0, 0.05) is 33.4 Å². The second-order valence-electron chi connectivity index (χ2n) is 5.49. The molecule has 0 saturated carbocycles. The van der Waals surface area contributed by atoms with Gasteiger partial charge in [0.05, 0.1) is 25.3 Å². The number of nitrogens with zero attached hydrogens (tertiary/aromatic N) is 4. The predicted octanol–water partition coefficient (Wildman–Crippen LogP) is 0.927. The maximum atomic E-state index is 5.45. The van der Waals surface area contributed by atoms with Crippen LogP contribution in [0.4, 0.5) is 11.6 Å². The number of hydrogen-bond donors (Lipinski definition) is 0. The van der Waals surface area contributed by atoms with Crippen molar-refractivity contribution in [1.82, 2.24) is 9.97 Å². The summed E-state index contributed by atoms with van der Waals surface area (Å²) in [5.74, 6) is 1.91. The van der Waals surface area contributed by atoms with Gasteiger partial charge in [-0.2, -0.15) is 0 Å². The Morgan fingerprint density at radius 3 is 1.85 bits per heavy atom. The van der Waals surface area contributed by atoms with Gasteiger partial charge in [-0.25, -0.2) is 9.97 Å². The first kappa shape index (κ1) is 13.6. The molecule has 2 aliphatic heterocycles. The summed E-state index contributed by atoms with van der Waals surface area (Å²) in [5.41, 5.74) is 0. The van der Waals surface area contributed by atoms with Crippen LogP contribution in [0.2, 0.25) is 0 Å². The average Bonchev–Trinajstić information content (AvgIpc) is 3.18. The van der Waals surface area contributed by atoms with E-state index in [2.05, 4.69) is 39.9 Å². The molecule has 0 unspecified atom stereocenters. The quantitative estimate of drug-likeness (QED) is 0.816. The van der Waals surface area contributed by atoms with Crippen LogP contribution in [0.1, 0.15) is 12.8 Å². The Bertz CT molecular complexity index is 407. The number of aromatic nitrogens is 2.